The number of aliphatic imine (C=N–C) groups is 1. The number of halogens is 1. The Labute approximate surface area is 182 Å². The first kappa shape index (κ1) is 24.2. The highest BCUT2D eigenvalue weighted by Gasteiger charge is 2.18. The zero-order valence-electron chi connectivity index (χ0n) is 17.2. The lowest BCUT2D eigenvalue weighted by atomic mass is 9.94. The molecule has 6 heteroatoms. The summed E-state index contributed by atoms with van der Waals surface area (Å²) in [5.41, 5.74) is 2.69. The summed E-state index contributed by atoms with van der Waals surface area (Å²) in [5.74, 6) is 0.847. The van der Waals surface area contributed by atoms with Gasteiger partial charge in [0.05, 0.1) is 13.2 Å². The van der Waals surface area contributed by atoms with Crippen LogP contribution in [-0.4, -0.2) is 50.8 Å². The third-order valence-electron chi connectivity index (χ3n) is 5.09. The van der Waals surface area contributed by atoms with Crippen LogP contribution in [0.15, 0.2) is 29.3 Å². The number of rotatable bonds is 9. The van der Waals surface area contributed by atoms with E-state index >= 15 is 0 Å². The van der Waals surface area contributed by atoms with Crippen LogP contribution in [0.2, 0.25) is 0 Å². The van der Waals surface area contributed by atoms with Gasteiger partial charge < -0.3 is 15.4 Å². The van der Waals surface area contributed by atoms with Crippen LogP contribution in [0.4, 0.5) is 0 Å². The first-order valence-corrected chi connectivity index (χ1v) is 10.0. The molecule has 1 saturated carbocycles. The van der Waals surface area contributed by atoms with Gasteiger partial charge in [0.2, 0.25) is 0 Å². The number of hydrogen-bond acceptors (Lipinski definition) is 3. The van der Waals surface area contributed by atoms with Crippen molar-refractivity contribution in [1.82, 2.24) is 15.5 Å². The van der Waals surface area contributed by atoms with E-state index in [2.05, 4.69) is 53.8 Å². The number of nitrogens with zero attached hydrogens (tertiary/aromatic N) is 2. The maximum Gasteiger partial charge on any atom is 0.191 e. The molecule has 0 aromatic heterocycles. The molecule has 2 rings (SSSR count). The van der Waals surface area contributed by atoms with E-state index in [0.29, 0.717) is 13.2 Å². The molecule has 0 spiro atoms. The Bertz CT molecular complexity index is 547. The topological polar surface area (TPSA) is 48.9 Å². The van der Waals surface area contributed by atoms with Crippen LogP contribution in [0.3, 0.4) is 0 Å². The van der Waals surface area contributed by atoms with Gasteiger partial charge in [-0.25, -0.2) is 4.99 Å². The second-order valence-corrected chi connectivity index (χ2v) is 7.09. The minimum atomic E-state index is 0. The molecule has 1 aromatic rings. The molecular weight excluding hydrogens is 451 g/mol. The standard InChI is InChI=1S/C21H36N4O.HI/c1-4-22-21(23-14-15-26-3)24-16-18-10-8-9-11-19(18)17-25(2)20-12-6-5-7-13-20;/h8-11,20H,4-7,12-17H2,1-3H3,(H2,22,23,24);1H. The first-order valence-electron chi connectivity index (χ1n) is 10.0. The molecule has 154 valence electrons. The summed E-state index contributed by atoms with van der Waals surface area (Å²) in [6, 6.07) is 9.43. The van der Waals surface area contributed by atoms with Gasteiger partial charge in [-0.1, -0.05) is 43.5 Å². The fourth-order valence-corrected chi connectivity index (χ4v) is 3.56. The molecule has 0 heterocycles. The predicted octanol–water partition coefficient (Wildman–Crippen LogP) is 3.77. The van der Waals surface area contributed by atoms with E-state index in [1.54, 1.807) is 7.11 Å². The van der Waals surface area contributed by atoms with Crippen LogP contribution in [0.5, 0.6) is 0 Å². The fraction of sp³-hybridized carbons (Fsp3) is 0.667. The van der Waals surface area contributed by atoms with E-state index in [0.717, 1.165) is 31.6 Å². The van der Waals surface area contributed by atoms with Gasteiger partial charge in [-0.3, -0.25) is 4.90 Å². The molecule has 1 aliphatic carbocycles. The van der Waals surface area contributed by atoms with E-state index in [4.69, 9.17) is 9.73 Å². The zero-order chi connectivity index (χ0) is 18.6. The number of ether oxygens (including phenoxy) is 1. The molecule has 0 atom stereocenters. The van der Waals surface area contributed by atoms with Gasteiger partial charge in [0.1, 0.15) is 0 Å². The summed E-state index contributed by atoms with van der Waals surface area (Å²) >= 11 is 0. The average molecular weight is 488 g/mol. The average Bonchev–Trinajstić information content (AvgIpc) is 2.68. The smallest absolute Gasteiger partial charge is 0.191 e. The van der Waals surface area contributed by atoms with E-state index in [1.807, 2.05) is 0 Å². The van der Waals surface area contributed by atoms with Crippen molar-refractivity contribution in [2.24, 2.45) is 4.99 Å². The maximum absolute atomic E-state index is 5.10. The Morgan fingerprint density at radius 1 is 1.15 bits per heavy atom. The third kappa shape index (κ3) is 8.79. The lowest BCUT2D eigenvalue weighted by molar-refractivity contribution is 0.184. The molecule has 1 aromatic carbocycles. The Kier molecular flexibility index (Phi) is 12.7. The van der Waals surface area contributed by atoms with Gasteiger partial charge in [-0.05, 0) is 37.9 Å². The van der Waals surface area contributed by atoms with Crippen molar-refractivity contribution in [3.05, 3.63) is 35.4 Å². The van der Waals surface area contributed by atoms with E-state index < -0.39 is 0 Å². The van der Waals surface area contributed by atoms with Gasteiger partial charge in [-0.15, -0.1) is 24.0 Å². The summed E-state index contributed by atoms with van der Waals surface area (Å²) in [7, 11) is 3.98. The highest BCUT2D eigenvalue weighted by molar-refractivity contribution is 14.0. The van der Waals surface area contributed by atoms with Crippen molar-refractivity contribution in [2.75, 3.05) is 33.9 Å². The van der Waals surface area contributed by atoms with Crippen LogP contribution in [0.1, 0.15) is 50.2 Å². The number of methoxy groups -OCH3 is 1. The summed E-state index contributed by atoms with van der Waals surface area (Å²) in [4.78, 5) is 7.29. The van der Waals surface area contributed by atoms with Gasteiger partial charge in [-0.2, -0.15) is 0 Å². The molecule has 0 saturated heterocycles. The second-order valence-electron chi connectivity index (χ2n) is 7.09. The second kappa shape index (κ2) is 14.2. The molecule has 0 aliphatic heterocycles. The monoisotopic (exact) mass is 488 g/mol. The van der Waals surface area contributed by atoms with Crippen molar-refractivity contribution in [3.63, 3.8) is 0 Å². The molecule has 1 fully saturated rings. The molecular formula is C21H37IN4O. The van der Waals surface area contributed by atoms with Crippen LogP contribution in [0.25, 0.3) is 0 Å². The third-order valence-corrected chi connectivity index (χ3v) is 5.09. The van der Waals surface area contributed by atoms with E-state index in [1.165, 1.54) is 43.2 Å². The van der Waals surface area contributed by atoms with Crippen molar-refractivity contribution in [2.45, 2.75) is 58.2 Å². The molecule has 0 radical (unpaired) electrons. The van der Waals surface area contributed by atoms with Crippen molar-refractivity contribution in [3.8, 4) is 0 Å². The first-order chi connectivity index (χ1) is 12.7. The van der Waals surface area contributed by atoms with Gasteiger partial charge in [0, 0.05) is 32.8 Å². The minimum Gasteiger partial charge on any atom is -0.383 e. The van der Waals surface area contributed by atoms with Crippen molar-refractivity contribution < 1.29 is 4.74 Å². The van der Waals surface area contributed by atoms with Crippen molar-refractivity contribution >= 4 is 29.9 Å². The SMILES string of the molecule is CCNC(=NCc1ccccc1CN(C)C1CCCCC1)NCCOC.I. The summed E-state index contributed by atoms with van der Waals surface area (Å²) in [5, 5.41) is 6.60. The van der Waals surface area contributed by atoms with Gasteiger partial charge in [0.25, 0.3) is 0 Å². The normalized spacial score (nSPS) is 15.5. The van der Waals surface area contributed by atoms with Crippen LogP contribution in [-0.2, 0) is 17.8 Å². The van der Waals surface area contributed by atoms with Crippen LogP contribution < -0.4 is 10.6 Å². The molecule has 0 amide bonds. The number of nitrogens with one attached hydrogen (secondary N) is 2. The van der Waals surface area contributed by atoms with Gasteiger partial charge in [0.15, 0.2) is 5.96 Å². The Balaban J connectivity index is 0.00000364. The number of benzene rings is 1. The Hall–Kier alpha value is -0.860. The summed E-state index contributed by atoms with van der Waals surface area (Å²) < 4.78 is 5.10. The molecule has 0 unspecified atom stereocenters. The predicted molar refractivity (Wildman–Crippen MR) is 125 cm³/mol. The maximum atomic E-state index is 5.10. The highest BCUT2D eigenvalue weighted by atomic mass is 127. The molecule has 2 N–H and O–H groups in total. The largest absolute Gasteiger partial charge is 0.383 e. The Morgan fingerprint density at radius 3 is 2.52 bits per heavy atom. The number of hydrogen-bond donors (Lipinski definition) is 2. The highest BCUT2D eigenvalue weighted by Crippen LogP contribution is 2.23. The molecule has 1 aliphatic rings. The lowest BCUT2D eigenvalue weighted by Gasteiger charge is -2.31. The van der Waals surface area contributed by atoms with E-state index in [9.17, 15) is 0 Å². The quantitative estimate of drug-likeness (QED) is 0.241. The molecule has 5 nitrogen and oxygen atoms in total. The number of guanidine groups is 1. The Morgan fingerprint density at radius 2 is 1.85 bits per heavy atom. The minimum absolute atomic E-state index is 0. The molecule has 27 heavy (non-hydrogen) atoms. The van der Waals surface area contributed by atoms with Crippen molar-refractivity contribution in [1.29, 1.82) is 0 Å². The molecule has 0 bridgehead atoms. The summed E-state index contributed by atoms with van der Waals surface area (Å²) in [6.07, 6.45) is 6.83. The van der Waals surface area contributed by atoms with Gasteiger partial charge >= 0.3 is 0 Å². The lowest BCUT2D eigenvalue weighted by Crippen LogP contribution is -2.38. The van der Waals surface area contributed by atoms with Crippen LogP contribution >= 0.6 is 24.0 Å². The summed E-state index contributed by atoms with van der Waals surface area (Å²) in [6.45, 7) is 6.06. The fourth-order valence-electron chi connectivity index (χ4n) is 3.56. The van der Waals surface area contributed by atoms with E-state index in [-0.39, 0.29) is 24.0 Å². The van der Waals surface area contributed by atoms with Crippen LogP contribution in [0, 0.1) is 0 Å². The zero-order valence-corrected chi connectivity index (χ0v) is 19.5.